The molecule has 0 aliphatic carbocycles. The van der Waals surface area contributed by atoms with Crippen LogP contribution in [0.25, 0.3) is 0 Å². The first-order valence-corrected chi connectivity index (χ1v) is 6.16. The number of aromatic carboxylic acids is 1. The third-order valence-corrected chi connectivity index (χ3v) is 2.79. The number of nitrogens with one attached hydrogen (secondary N) is 1. The average Bonchev–Trinajstić information content (AvgIpc) is 2.48. The molecule has 0 unspecified atom stereocenters. The molecule has 0 atom stereocenters. The quantitative estimate of drug-likeness (QED) is 0.580. The zero-order valence-corrected chi connectivity index (χ0v) is 11.0. The van der Waals surface area contributed by atoms with Gasteiger partial charge < -0.3 is 15.5 Å². The number of phenolic OH excluding ortho intramolecular Hbond substituents is 1. The van der Waals surface area contributed by atoms with E-state index in [9.17, 15) is 14.7 Å². The lowest BCUT2D eigenvalue weighted by Crippen LogP contribution is -1.98. The van der Waals surface area contributed by atoms with Crippen molar-refractivity contribution in [2.45, 2.75) is 0 Å². The van der Waals surface area contributed by atoms with Gasteiger partial charge in [-0.2, -0.15) is 0 Å². The molecule has 2 aromatic rings. The van der Waals surface area contributed by atoms with Gasteiger partial charge in [0, 0.05) is 18.0 Å². The first-order valence-electron chi connectivity index (χ1n) is 6.16. The van der Waals surface area contributed by atoms with Gasteiger partial charge >= 0.3 is 5.97 Å². The van der Waals surface area contributed by atoms with Crippen molar-refractivity contribution in [1.82, 2.24) is 0 Å². The second-order valence-corrected chi connectivity index (χ2v) is 4.24. The molecule has 0 saturated carbocycles. The van der Waals surface area contributed by atoms with Gasteiger partial charge in [0.25, 0.3) is 0 Å². The first kappa shape index (κ1) is 14.3. The topological polar surface area (TPSA) is 86.6 Å². The molecule has 0 bridgehead atoms. The number of carboxylic acid groups (broad SMARTS) is 1. The summed E-state index contributed by atoms with van der Waals surface area (Å²) >= 11 is 0. The van der Waals surface area contributed by atoms with Gasteiger partial charge in [0.2, 0.25) is 0 Å². The second-order valence-electron chi connectivity index (χ2n) is 4.24. The second kappa shape index (κ2) is 6.38. The highest BCUT2D eigenvalue weighted by Crippen LogP contribution is 2.16. The van der Waals surface area contributed by atoms with E-state index < -0.39 is 5.97 Å². The average molecular weight is 283 g/mol. The van der Waals surface area contributed by atoms with Crippen LogP contribution in [0.1, 0.15) is 20.7 Å². The molecule has 0 aliphatic heterocycles. The maximum absolute atomic E-state index is 11.8. The van der Waals surface area contributed by atoms with E-state index in [4.69, 9.17) is 5.11 Å². The molecule has 21 heavy (non-hydrogen) atoms. The third-order valence-electron chi connectivity index (χ3n) is 2.79. The van der Waals surface area contributed by atoms with Crippen LogP contribution in [0.15, 0.2) is 60.8 Å². The van der Waals surface area contributed by atoms with Gasteiger partial charge in [-0.15, -0.1) is 0 Å². The fraction of sp³-hybridized carbons (Fsp3) is 0. The molecule has 2 rings (SSSR count). The van der Waals surface area contributed by atoms with E-state index in [1.807, 2.05) is 0 Å². The summed E-state index contributed by atoms with van der Waals surface area (Å²) in [4.78, 5) is 22.5. The van der Waals surface area contributed by atoms with Crippen molar-refractivity contribution in [3.05, 3.63) is 71.9 Å². The minimum atomic E-state index is -0.994. The van der Waals surface area contributed by atoms with E-state index >= 15 is 0 Å². The number of allylic oxidation sites excluding steroid dienone is 1. The summed E-state index contributed by atoms with van der Waals surface area (Å²) < 4.78 is 0. The van der Waals surface area contributed by atoms with Crippen LogP contribution in [0.4, 0.5) is 5.69 Å². The number of ketones is 1. The van der Waals surface area contributed by atoms with Gasteiger partial charge in [0.05, 0.1) is 11.1 Å². The van der Waals surface area contributed by atoms with Crippen LogP contribution >= 0.6 is 0 Å². The molecule has 106 valence electrons. The van der Waals surface area contributed by atoms with Gasteiger partial charge in [0.1, 0.15) is 5.75 Å². The fourth-order valence-electron chi connectivity index (χ4n) is 1.69. The highest BCUT2D eigenvalue weighted by atomic mass is 16.4. The number of carbonyl (C=O) groups excluding carboxylic acids is 1. The molecule has 0 fully saturated rings. The smallest absolute Gasteiger partial charge is 0.335 e. The van der Waals surface area contributed by atoms with Crippen LogP contribution in [0.2, 0.25) is 0 Å². The predicted octanol–water partition coefficient (Wildman–Crippen LogP) is 2.90. The fourth-order valence-corrected chi connectivity index (χ4v) is 1.69. The first-order chi connectivity index (χ1) is 10.1. The highest BCUT2D eigenvalue weighted by Gasteiger charge is 2.06. The Morgan fingerprint density at radius 1 is 1.00 bits per heavy atom. The summed E-state index contributed by atoms with van der Waals surface area (Å²) in [5, 5.41) is 21.2. The van der Waals surface area contributed by atoms with E-state index in [-0.39, 0.29) is 22.7 Å². The number of benzene rings is 2. The summed E-state index contributed by atoms with van der Waals surface area (Å²) in [5.74, 6) is -1.40. The van der Waals surface area contributed by atoms with Gasteiger partial charge in [-0.1, -0.05) is 12.1 Å². The normalized spacial score (nSPS) is 10.5. The molecular weight excluding hydrogens is 270 g/mol. The molecule has 5 nitrogen and oxygen atoms in total. The predicted molar refractivity (Wildman–Crippen MR) is 78.6 cm³/mol. The van der Waals surface area contributed by atoms with E-state index in [0.29, 0.717) is 5.69 Å². The molecule has 0 spiro atoms. The van der Waals surface area contributed by atoms with E-state index in [0.717, 1.165) is 0 Å². The number of hydrogen-bond donors (Lipinski definition) is 3. The number of aromatic hydroxyl groups is 1. The summed E-state index contributed by atoms with van der Waals surface area (Å²) in [5.41, 5.74) is 1.06. The summed E-state index contributed by atoms with van der Waals surface area (Å²) in [6.45, 7) is 0. The van der Waals surface area contributed by atoms with E-state index in [1.54, 1.807) is 24.3 Å². The maximum Gasteiger partial charge on any atom is 0.335 e. The number of anilines is 1. The SMILES string of the molecule is O=C(O)c1ccc(N/C=C/C(=O)c2ccccc2O)cc1. The van der Waals surface area contributed by atoms with Gasteiger partial charge in [-0.05, 0) is 36.4 Å². The molecule has 3 N–H and O–H groups in total. The lowest BCUT2D eigenvalue weighted by Gasteiger charge is -2.02. The largest absolute Gasteiger partial charge is 0.507 e. The van der Waals surface area contributed by atoms with Crippen molar-refractivity contribution in [3.63, 3.8) is 0 Å². The minimum absolute atomic E-state index is 0.0713. The molecule has 5 heteroatoms. The van der Waals surface area contributed by atoms with Gasteiger partial charge in [-0.25, -0.2) is 4.79 Å². The number of carboxylic acids is 1. The molecule has 0 radical (unpaired) electrons. The number of phenols is 1. The lowest BCUT2D eigenvalue weighted by molar-refractivity contribution is 0.0696. The Bertz CT molecular complexity index is 690. The van der Waals surface area contributed by atoms with Crippen molar-refractivity contribution in [1.29, 1.82) is 0 Å². The summed E-state index contributed by atoms with van der Waals surface area (Å²) in [6.07, 6.45) is 2.73. The van der Waals surface area contributed by atoms with Crippen molar-refractivity contribution in [2.24, 2.45) is 0 Å². The molecule has 2 aromatic carbocycles. The molecule has 0 aliphatic rings. The third kappa shape index (κ3) is 3.70. The summed E-state index contributed by atoms with van der Waals surface area (Å²) in [6, 6.07) is 12.4. The van der Waals surface area contributed by atoms with Crippen molar-refractivity contribution < 1.29 is 19.8 Å². The monoisotopic (exact) mass is 283 g/mol. The van der Waals surface area contributed by atoms with Crippen LogP contribution in [-0.4, -0.2) is 22.0 Å². The van der Waals surface area contributed by atoms with Crippen LogP contribution in [-0.2, 0) is 0 Å². The molecule has 0 aromatic heterocycles. The molecule has 0 amide bonds. The molecular formula is C16H13NO4. The number of para-hydroxylation sites is 1. The van der Waals surface area contributed by atoms with Crippen LogP contribution in [0.3, 0.4) is 0 Å². The molecule has 0 heterocycles. The standard InChI is InChI=1S/C16H13NO4/c18-14-4-2-1-3-13(14)15(19)9-10-17-12-7-5-11(6-8-12)16(20)21/h1-10,17-18H,(H,20,21)/b10-9+. The Balaban J connectivity index is 2.01. The Hall–Kier alpha value is -3.08. The van der Waals surface area contributed by atoms with Crippen LogP contribution in [0, 0.1) is 0 Å². The van der Waals surface area contributed by atoms with Gasteiger partial charge in [0.15, 0.2) is 5.78 Å². The Morgan fingerprint density at radius 2 is 1.67 bits per heavy atom. The van der Waals surface area contributed by atoms with E-state index in [1.165, 1.54) is 36.5 Å². The van der Waals surface area contributed by atoms with Crippen LogP contribution < -0.4 is 5.32 Å². The van der Waals surface area contributed by atoms with E-state index in [2.05, 4.69) is 5.32 Å². The Labute approximate surface area is 121 Å². The van der Waals surface area contributed by atoms with Crippen molar-refractivity contribution in [2.75, 3.05) is 5.32 Å². The minimum Gasteiger partial charge on any atom is -0.507 e. The number of rotatable bonds is 5. The number of carbonyl (C=O) groups is 2. The zero-order chi connectivity index (χ0) is 15.2. The zero-order valence-electron chi connectivity index (χ0n) is 11.0. The van der Waals surface area contributed by atoms with Crippen LogP contribution in [0.5, 0.6) is 5.75 Å². The Kier molecular flexibility index (Phi) is 4.36. The molecule has 0 saturated heterocycles. The van der Waals surface area contributed by atoms with Gasteiger partial charge in [-0.3, -0.25) is 4.79 Å². The maximum atomic E-state index is 11.8. The summed E-state index contributed by atoms with van der Waals surface area (Å²) in [7, 11) is 0. The van der Waals surface area contributed by atoms with Crippen molar-refractivity contribution >= 4 is 17.4 Å². The van der Waals surface area contributed by atoms with Crippen molar-refractivity contribution in [3.8, 4) is 5.75 Å². The Morgan fingerprint density at radius 3 is 2.29 bits per heavy atom. The highest BCUT2D eigenvalue weighted by molar-refractivity contribution is 6.06. The lowest BCUT2D eigenvalue weighted by atomic mass is 10.1. The number of hydrogen-bond acceptors (Lipinski definition) is 4.